The van der Waals surface area contributed by atoms with Gasteiger partial charge in [-0.1, -0.05) is 49.2 Å². The number of anilines is 2. The molecule has 2 aromatic carbocycles. The fourth-order valence-corrected chi connectivity index (χ4v) is 3.95. The number of benzene rings is 2. The Kier molecular flexibility index (Phi) is 7.88. The molecule has 1 amide bonds. The van der Waals surface area contributed by atoms with Crippen LogP contribution >= 0.6 is 11.6 Å². The minimum Gasteiger partial charge on any atom is -0.329 e. The summed E-state index contributed by atoms with van der Waals surface area (Å²) in [5.41, 5.74) is -4.94. The maximum absolute atomic E-state index is 12.7. The van der Waals surface area contributed by atoms with E-state index in [1.807, 2.05) is 4.57 Å². The third-order valence-corrected chi connectivity index (χ3v) is 6.15. The molecule has 0 bridgehead atoms. The molecule has 0 fully saturated rings. The first-order valence-corrected chi connectivity index (χ1v) is 12.2. The molecule has 0 radical (unpaired) electrons. The first-order valence-electron chi connectivity index (χ1n) is 10.3. The summed E-state index contributed by atoms with van der Waals surface area (Å²) in [7, 11) is -5.67. The number of imidazole rings is 1. The van der Waals surface area contributed by atoms with E-state index < -0.39 is 27.1 Å². The van der Waals surface area contributed by atoms with Crippen LogP contribution in [0.25, 0.3) is 0 Å². The first kappa shape index (κ1) is 25.6. The Hall–Kier alpha value is -3.05. The number of nitrogens with zero attached hydrogens (tertiary/aromatic N) is 2. The van der Waals surface area contributed by atoms with Gasteiger partial charge in [0.05, 0.1) is 11.3 Å². The van der Waals surface area contributed by atoms with Crippen molar-refractivity contribution in [1.29, 1.82) is 0 Å². The Labute approximate surface area is 200 Å². The number of aromatic nitrogens is 2. The number of para-hydroxylation sites is 1. The van der Waals surface area contributed by atoms with Gasteiger partial charge in [0, 0.05) is 24.8 Å². The number of amides is 1. The lowest BCUT2D eigenvalue weighted by Gasteiger charge is -2.14. The summed E-state index contributed by atoms with van der Waals surface area (Å²) < 4.78 is 64.4. The van der Waals surface area contributed by atoms with Gasteiger partial charge in [0.1, 0.15) is 11.0 Å². The van der Waals surface area contributed by atoms with Gasteiger partial charge < -0.3 is 9.88 Å². The molecule has 0 spiro atoms. The van der Waals surface area contributed by atoms with Gasteiger partial charge in [0.25, 0.3) is 5.91 Å². The van der Waals surface area contributed by atoms with Crippen molar-refractivity contribution in [3.63, 3.8) is 0 Å². The molecule has 0 saturated heterocycles. The second-order valence-corrected chi connectivity index (χ2v) is 9.52. The van der Waals surface area contributed by atoms with Crippen molar-refractivity contribution in [3.8, 4) is 0 Å². The molecule has 0 aliphatic carbocycles. The number of alkyl halides is 3. The number of unbranched alkanes of at least 4 members (excludes halogenated alkanes) is 1. The Morgan fingerprint density at radius 3 is 2.44 bits per heavy atom. The molecule has 0 aliphatic rings. The predicted octanol–water partition coefficient (Wildman–Crippen LogP) is 5.44. The fraction of sp³-hybridized carbons (Fsp3) is 0.273. The van der Waals surface area contributed by atoms with Crippen LogP contribution in [0.1, 0.15) is 41.5 Å². The van der Waals surface area contributed by atoms with E-state index >= 15 is 0 Å². The molecule has 3 aromatic rings. The van der Waals surface area contributed by atoms with E-state index in [0.717, 1.165) is 36.7 Å². The highest BCUT2D eigenvalue weighted by Gasteiger charge is 2.46. The molecule has 0 aliphatic heterocycles. The summed E-state index contributed by atoms with van der Waals surface area (Å²) in [5, 5.41) is 2.97. The largest absolute Gasteiger partial charge is 0.516 e. The zero-order valence-corrected chi connectivity index (χ0v) is 19.6. The summed E-state index contributed by atoms with van der Waals surface area (Å²) in [6.45, 7) is 2.61. The Morgan fingerprint density at radius 1 is 1.12 bits per heavy atom. The van der Waals surface area contributed by atoms with E-state index in [2.05, 4.69) is 17.2 Å². The molecule has 3 rings (SSSR count). The average molecular weight is 515 g/mol. The summed E-state index contributed by atoms with van der Waals surface area (Å²) in [4.78, 5) is 17.0. The number of carbonyl (C=O) groups is 1. The van der Waals surface area contributed by atoms with Crippen molar-refractivity contribution in [1.82, 2.24) is 9.55 Å². The molecular formula is C22H22ClF3N4O3S. The number of carbonyl (C=O) groups excluding carboxylic acids is 1. The molecule has 0 atom stereocenters. The van der Waals surface area contributed by atoms with Crippen LogP contribution in [0.4, 0.5) is 24.5 Å². The summed E-state index contributed by atoms with van der Waals surface area (Å²) >= 11 is 6.04. The highest BCUT2D eigenvalue weighted by atomic mass is 35.5. The van der Waals surface area contributed by atoms with Gasteiger partial charge in [-0.15, -0.1) is 0 Å². The zero-order valence-electron chi connectivity index (χ0n) is 18.1. The standard InChI is InChI=1S/C22H22ClF3N4O3S/c1-2-3-8-20-28-19(23)14-30(20)13-15-9-11-16(12-10-15)27-21(31)17-6-4-5-7-18(17)29-34(32,33)22(24,25)26/h4-7,9-12,14,29H,2-3,8,13H2,1H3,(H,27,31). The van der Waals surface area contributed by atoms with Gasteiger partial charge in [0.2, 0.25) is 0 Å². The second kappa shape index (κ2) is 10.5. The molecule has 1 heterocycles. The molecule has 0 saturated carbocycles. The SMILES string of the molecule is CCCCc1nc(Cl)cn1Cc1ccc(NC(=O)c2ccccc2NS(=O)(=O)C(F)(F)F)cc1. The van der Waals surface area contributed by atoms with Crippen LogP contribution in [0.5, 0.6) is 0 Å². The maximum Gasteiger partial charge on any atom is 0.516 e. The minimum absolute atomic E-state index is 0.256. The Balaban J connectivity index is 1.72. The summed E-state index contributed by atoms with van der Waals surface area (Å²) in [5.74, 6) is 0.110. The number of rotatable bonds is 9. The highest BCUT2D eigenvalue weighted by molar-refractivity contribution is 7.93. The third-order valence-electron chi connectivity index (χ3n) is 4.87. The average Bonchev–Trinajstić information content (AvgIpc) is 3.11. The van der Waals surface area contributed by atoms with Crippen molar-refractivity contribution in [2.24, 2.45) is 0 Å². The van der Waals surface area contributed by atoms with Gasteiger partial charge in [-0.05, 0) is 36.2 Å². The molecule has 7 nitrogen and oxygen atoms in total. The summed E-state index contributed by atoms with van der Waals surface area (Å²) in [6.07, 6.45) is 4.56. The number of halogens is 4. The molecule has 0 unspecified atom stereocenters. The van der Waals surface area contributed by atoms with E-state index in [1.165, 1.54) is 22.9 Å². The van der Waals surface area contributed by atoms with E-state index in [4.69, 9.17) is 11.6 Å². The van der Waals surface area contributed by atoms with E-state index in [1.54, 1.807) is 30.5 Å². The number of hydrogen-bond acceptors (Lipinski definition) is 4. The topological polar surface area (TPSA) is 93.1 Å². The van der Waals surface area contributed by atoms with Crippen LogP contribution in [0, 0.1) is 0 Å². The second-order valence-electron chi connectivity index (χ2n) is 7.46. The fourth-order valence-electron chi connectivity index (χ4n) is 3.15. The maximum atomic E-state index is 12.7. The molecule has 34 heavy (non-hydrogen) atoms. The number of aryl methyl sites for hydroxylation is 1. The van der Waals surface area contributed by atoms with E-state index in [0.29, 0.717) is 17.4 Å². The molecular weight excluding hydrogens is 493 g/mol. The Bertz CT molecular complexity index is 1260. The molecule has 1 aromatic heterocycles. The van der Waals surface area contributed by atoms with Crippen LogP contribution in [-0.4, -0.2) is 29.4 Å². The van der Waals surface area contributed by atoms with Crippen LogP contribution < -0.4 is 10.0 Å². The minimum atomic E-state index is -5.67. The van der Waals surface area contributed by atoms with E-state index in [-0.39, 0.29) is 5.56 Å². The molecule has 12 heteroatoms. The van der Waals surface area contributed by atoms with Gasteiger partial charge in [-0.2, -0.15) is 21.6 Å². The van der Waals surface area contributed by atoms with Crippen molar-refractivity contribution >= 4 is 38.9 Å². The lowest BCUT2D eigenvalue weighted by atomic mass is 10.1. The van der Waals surface area contributed by atoms with Crippen LogP contribution in [-0.2, 0) is 23.0 Å². The molecule has 182 valence electrons. The van der Waals surface area contributed by atoms with Crippen molar-refractivity contribution in [2.75, 3.05) is 10.0 Å². The predicted molar refractivity (Wildman–Crippen MR) is 124 cm³/mol. The quantitative estimate of drug-likeness (QED) is 0.397. The zero-order chi connectivity index (χ0) is 24.9. The smallest absolute Gasteiger partial charge is 0.329 e. The molecule has 2 N–H and O–H groups in total. The first-order chi connectivity index (χ1) is 16.0. The lowest BCUT2D eigenvalue weighted by molar-refractivity contribution is -0.0429. The van der Waals surface area contributed by atoms with Gasteiger partial charge >= 0.3 is 15.5 Å². The van der Waals surface area contributed by atoms with Crippen molar-refractivity contribution in [3.05, 3.63) is 76.8 Å². The number of nitrogens with one attached hydrogen (secondary N) is 2. The number of hydrogen-bond donors (Lipinski definition) is 2. The Morgan fingerprint density at radius 2 is 1.79 bits per heavy atom. The highest BCUT2D eigenvalue weighted by Crippen LogP contribution is 2.27. The third kappa shape index (κ3) is 6.29. The van der Waals surface area contributed by atoms with Gasteiger partial charge in [-0.3, -0.25) is 9.52 Å². The van der Waals surface area contributed by atoms with Crippen LogP contribution in [0.2, 0.25) is 5.15 Å². The summed E-state index contributed by atoms with van der Waals surface area (Å²) in [6, 6.07) is 11.9. The monoisotopic (exact) mass is 514 g/mol. The number of sulfonamides is 1. The lowest BCUT2D eigenvalue weighted by Crippen LogP contribution is -2.30. The van der Waals surface area contributed by atoms with Crippen molar-refractivity contribution in [2.45, 2.75) is 38.2 Å². The van der Waals surface area contributed by atoms with Crippen LogP contribution in [0.3, 0.4) is 0 Å². The van der Waals surface area contributed by atoms with Gasteiger partial charge in [0.15, 0.2) is 0 Å². The normalized spacial score (nSPS) is 11.9. The van der Waals surface area contributed by atoms with Gasteiger partial charge in [-0.25, -0.2) is 4.98 Å². The van der Waals surface area contributed by atoms with Crippen LogP contribution in [0.15, 0.2) is 54.7 Å². The van der Waals surface area contributed by atoms with E-state index in [9.17, 15) is 26.4 Å². The van der Waals surface area contributed by atoms with Crippen molar-refractivity contribution < 1.29 is 26.4 Å².